The van der Waals surface area contributed by atoms with Crippen LogP contribution in [0.1, 0.15) is 41.6 Å². The Hall–Kier alpha value is -2.49. The number of carbonyl (C=O) groups excluding carboxylic acids is 1. The zero-order valence-electron chi connectivity index (χ0n) is 16.5. The van der Waals surface area contributed by atoms with Gasteiger partial charge in [-0.15, -0.1) is 0 Å². The molecule has 6 nitrogen and oxygen atoms in total. The molecule has 4 heterocycles. The Labute approximate surface area is 175 Å². The molecule has 4 rings (SSSR count). The average molecular weight is 438 g/mol. The Morgan fingerprint density at radius 2 is 2.13 bits per heavy atom. The summed E-state index contributed by atoms with van der Waals surface area (Å²) in [6, 6.07) is 4.04. The van der Waals surface area contributed by atoms with Gasteiger partial charge in [0.25, 0.3) is 5.22 Å². The van der Waals surface area contributed by atoms with Gasteiger partial charge in [0.05, 0.1) is 22.5 Å². The lowest BCUT2D eigenvalue weighted by Gasteiger charge is -2.32. The Bertz CT molecular complexity index is 1060. The minimum Gasteiger partial charge on any atom is -0.437 e. The molecule has 10 heteroatoms. The van der Waals surface area contributed by atoms with Gasteiger partial charge in [0, 0.05) is 24.7 Å². The minimum atomic E-state index is -4.47. The van der Waals surface area contributed by atoms with Gasteiger partial charge >= 0.3 is 6.18 Å². The quantitative estimate of drug-likeness (QED) is 0.599. The number of likely N-dealkylation sites (tertiary alicyclic amines) is 1. The Morgan fingerprint density at radius 3 is 2.83 bits per heavy atom. The van der Waals surface area contributed by atoms with Crippen LogP contribution >= 0.6 is 11.8 Å². The van der Waals surface area contributed by atoms with Crippen molar-refractivity contribution in [2.45, 2.75) is 44.0 Å². The van der Waals surface area contributed by atoms with Crippen molar-refractivity contribution in [1.82, 2.24) is 19.9 Å². The molecule has 1 saturated heterocycles. The highest BCUT2D eigenvalue weighted by molar-refractivity contribution is 7.99. The van der Waals surface area contributed by atoms with E-state index in [-0.39, 0.29) is 23.1 Å². The third-order valence-corrected chi connectivity index (χ3v) is 6.14. The van der Waals surface area contributed by atoms with E-state index in [1.54, 1.807) is 11.0 Å². The van der Waals surface area contributed by atoms with Crippen LogP contribution in [0.2, 0.25) is 0 Å². The molecular formula is C20H21F3N4O2S. The molecule has 0 bridgehead atoms. The second-order valence-electron chi connectivity index (χ2n) is 7.44. The van der Waals surface area contributed by atoms with Gasteiger partial charge < -0.3 is 14.3 Å². The summed E-state index contributed by atoms with van der Waals surface area (Å²) in [7, 11) is 0. The maximum Gasteiger partial charge on any atom is 0.433 e. The highest BCUT2D eigenvalue weighted by atomic mass is 32.2. The summed E-state index contributed by atoms with van der Waals surface area (Å²) in [5, 5.41) is 0.481. The first-order chi connectivity index (χ1) is 14.2. The third-order valence-electron chi connectivity index (χ3n) is 5.33. The summed E-state index contributed by atoms with van der Waals surface area (Å²) < 4.78 is 44.2. The summed E-state index contributed by atoms with van der Waals surface area (Å²) in [4.78, 5) is 25.6. The van der Waals surface area contributed by atoms with Crippen molar-refractivity contribution in [2.75, 3.05) is 18.8 Å². The predicted molar refractivity (Wildman–Crippen MR) is 106 cm³/mol. The first kappa shape index (κ1) is 20.8. The van der Waals surface area contributed by atoms with Crippen LogP contribution in [0.25, 0.3) is 11.0 Å². The lowest BCUT2D eigenvalue weighted by atomic mass is 9.95. The highest BCUT2D eigenvalue weighted by Gasteiger charge is 2.33. The molecule has 1 atom stereocenters. The van der Waals surface area contributed by atoms with Crippen molar-refractivity contribution in [3.8, 4) is 0 Å². The number of halogens is 3. The van der Waals surface area contributed by atoms with Crippen molar-refractivity contribution in [3.63, 3.8) is 0 Å². The fourth-order valence-electron chi connectivity index (χ4n) is 3.58. The maximum atomic E-state index is 12.9. The number of piperidine rings is 1. The number of aromatic nitrogens is 3. The van der Waals surface area contributed by atoms with Gasteiger partial charge in [0.1, 0.15) is 11.5 Å². The van der Waals surface area contributed by atoms with E-state index in [4.69, 9.17) is 4.42 Å². The van der Waals surface area contributed by atoms with Gasteiger partial charge in [-0.05, 0) is 44.9 Å². The van der Waals surface area contributed by atoms with E-state index in [0.717, 1.165) is 36.1 Å². The maximum absolute atomic E-state index is 12.9. The number of hydrogen-bond acceptors (Lipinski definition) is 5. The number of rotatable bonds is 4. The summed E-state index contributed by atoms with van der Waals surface area (Å²) in [6.45, 7) is 4.86. The topological polar surface area (TPSA) is 75.0 Å². The Kier molecular flexibility index (Phi) is 5.52. The van der Waals surface area contributed by atoms with Crippen LogP contribution < -0.4 is 0 Å². The van der Waals surface area contributed by atoms with Crippen LogP contribution in [0.3, 0.4) is 0 Å². The molecule has 160 valence electrons. The number of aromatic amines is 1. The number of fused-ring (bicyclic) bond motifs is 1. The normalized spacial score (nSPS) is 17.6. The average Bonchev–Trinajstić information content (AvgIpc) is 3.28. The van der Waals surface area contributed by atoms with Gasteiger partial charge in [-0.2, -0.15) is 13.2 Å². The van der Waals surface area contributed by atoms with Crippen LogP contribution in [0.5, 0.6) is 0 Å². The van der Waals surface area contributed by atoms with E-state index in [2.05, 4.69) is 15.0 Å². The smallest absolute Gasteiger partial charge is 0.433 e. The van der Waals surface area contributed by atoms with Gasteiger partial charge in [-0.25, -0.2) is 9.97 Å². The number of nitrogens with one attached hydrogen (secondary N) is 1. The standard InChI is InChI=1S/C20H21F3N4O2S/c1-11-12(2)29-19(24-11)30-10-18(28)27-7-3-4-13(9-27)15-8-16-14(25-15)5-6-17(26-16)20(21,22)23/h5-6,8,13,25H,3-4,7,9-10H2,1-2H3. The molecular weight excluding hydrogens is 417 g/mol. The summed E-state index contributed by atoms with van der Waals surface area (Å²) in [6.07, 6.45) is -2.79. The molecule has 0 aromatic carbocycles. The number of nitrogens with zero attached hydrogens (tertiary/aromatic N) is 3. The van der Waals surface area contributed by atoms with Gasteiger partial charge in [0.2, 0.25) is 5.91 Å². The number of amides is 1. The van der Waals surface area contributed by atoms with Crippen LogP contribution in [0, 0.1) is 13.8 Å². The lowest BCUT2D eigenvalue weighted by Crippen LogP contribution is -2.40. The van der Waals surface area contributed by atoms with Crippen molar-refractivity contribution in [1.29, 1.82) is 0 Å². The first-order valence-corrected chi connectivity index (χ1v) is 10.6. The van der Waals surface area contributed by atoms with E-state index >= 15 is 0 Å². The predicted octanol–water partition coefficient (Wildman–Crippen LogP) is 4.68. The molecule has 0 spiro atoms. The van der Waals surface area contributed by atoms with Gasteiger partial charge in [0.15, 0.2) is 0 Å². The summed E-state index contributed by atoms with van der Waals surface area (Å²) in [5.74, 6) is 0.994. The molecule has 1 aliphatic heterocycles. The van der Waals surface area contributed by atoms with E-state index in [0.29, 0.717) is 23.8 Å². The second-order valence-corrected chi connectivity index (χ2v) is 8.37. The van der Waals surface area contributed by atoms with Crippen LogP contribution in [0.4, 0.5) is 13.2 Å². The first-order valence-electron chi connectivity index (χ1n) is 9.62. The minimum absolute atomic E-state index is 0.00759. The van der Waals surface area contributed by atoms with Gasteiger partial charge in [-0.1, -0.05) is 11.8 Å². The molecule has 3 aromatic heterocycles. The molecule has 0 radical (unpaired) electrons. The van der Waals surface area contributed by atoms with Crippen molar-refractivity contribution < 1.29 is 22.4 Å². The van der Waals surface area contributed by atoms with Crippen LogP contribution in [-0.2, 0) is 11.0 Å². The number of hydrogen-bond donors (Lipinski definition) is 1. The fraction of sp³-hybridized carbons (Fsp3) is 0.450. The number of pyridine rings is 1. The summed E-state index contributed by atoms with van der Waals surface area (Å²) in [5.41, 5.74) is 1.56. The number of thioether (sulfide) groups is 1. The number of aryl methyl sites for hydroxylation is 2. The molecule has 0 aliphatic carbocycles. The van der Waals surface area contributed by atoms with Crippen LogP contribution in [0.15, 0.2) is 27.8 Å². The molecule has 3 aromatic rings. The number of carbonyl (C=O) groups is 1. The van der Waals surface area contributed by atoms with Crippen molar-refractivity contribution >= 4 is 28.7 Å². The number of H-pyrrole nitrogens is 1. The molecule has 1 aliphatic rings. The van der Waals surface area contributed by atoms with Crippen molar-refractivity contribution in [2.24, 2.45) is 0 Å². The Morgan fingerprint density at radius 1 is 1.33 bits per heavy atom. The van der Waals surface area contributed by atoms with E-state index in [1.807, 2.05) is 13.8 Å². The SMILES string of the molecule is Cc1nc(SCC(=O)N2CCCC(c3cc4nc(C(F)(F)F)ccc4[nH]3)C2)oc1C. The third kappa shape index (κ3) is 4.33. The molecule has 1 amide bonds. The summed E-state index contributed by atoms with van der Waals surface area (Å²) >= 11 is 1.27. The van der Waals surface area contributed by atoms with Crippen molar-refractivity contribution in [3.05, 3.63) is 41.0 Å². The second kappa shape index (κ2) is 7.98. The molecule has 1 unspecified atom stereocenters. The zero-order valence-corrected chi connectivity index (χ0v) is 17.4. The largest absolute Gasteiger partial charge is 0.437 e. The zero-order chi connectivity index (χ0) is 21.5. The van der Waals surface area contributed by atoms with E-state index in [1.165, 1.54) is 17.8 Å². The number of oxazole rings is 1. The highest BCUT2D eigenvalue weighted by Crippen LogP contribution is 2.32. The monoisotopic (exact) mass is 438 g/mol. The number of alkyl halides is 3. The molecule has 1 fully saturated rings. The lowest BCUT2D eigenvalue weighted by molar-refractivity contribution is -0.141. The van der Waals surface area contributed by atoms with E-state index in [9.17, 15) is 18.0 Å². The fourth-order valence-corrected chi connectivity index (χ4v) is 4.40. The molecule has 1 N–H and O–H groups in total. The molecule has 0 saturated carbocycles. The molecule has 30 heavy (non-hydrogen) atoms. The van der Waals surface area contributed by atoms with E-state index < -0.39 is 11.9 Å². The Balaban J connectivity index is 1.43. The van der Waals surface area contributed by atoms with Gasteiger partial charge in [-0.3, -0.25) is 4.79 Å². The van der Waals surface area contributed by atoms with Crippen LogP contribution in [-0.4, -0.2) is 44.6 Å².